The number of hydrogen-bond acceptors (Lipinski definition) is 4. The van der Waals surface area contributed by atoms with Crippen molar-refractivity contribution in [3.63, 3.8) is 0 Å². The van der Waals surface area contributed by atoms with Crippen molar-refractivity contribution in [2.75, 3.05) is 0 Å². The second kappa shape index (κ2) is 9.43. The number of thiazole rings is 1. The highest BCUT2D eigenvalue weighted by Crippen LogP contribution is 2.26. The fourth-order valence-electron chi connectivity index (χ4n) is 3.76. The lowest BCUT2D eigenvalue weighted by Gasteiger charge is -2.19. The number of aromatic nitrogens is 1. The molecule has 1 atom stereocenters. The molecule has 0 aliphatic heterocycles. The zero-order valence-electron chi connectivity index (χ0n) is 18.6. The second-order valence-electron chi connectivity index (χ2n) is 8.14. The van der Waals surface area contributed by atoms with Crippen molar-refractivity contribution in [1.82, 2.24) is 9.29 Å². The van der Waals surface area contributed by atoms with Gasteiger partial charge in [0.25, 0.3) is 0 Å². The molecular weight excluding hydrogens is 476 g/mol. The number of benzene rings is 3. The SMILES string of the molecule is CCC(NS(=O)(=O)c1ccc2c(c1)sc(=O)n2Cc1ccc(Cl)cc1)c1ccc(C)c(C)c1. The van der Waals surface area contributed by atoms with Crippen LogP contribution in [0.4, 0.5) is 0 Å². The Morgan fingerprint density at radius 1 is 1.00 bits per heavy atom. The lowest BCUT2D eigenvalue weighted by molar-refractivity contribution is 0.550. The monoisotopic (exact) mass is 500 g/mol. The van der Waals surface area contributed by atoms with E-state index in [9.17, 15) is 13.2 Å². The molecule has 3 aromatic carbocycles. The van der Waals surface area contributed by atoms with E-state index < -0.39 is 10.0 Å². The lowest BCUT2D eigenvalue weighted by Crippen LogP contribution is -2.28. The van der Waals surface area contributed by atoms with Crippen LogP contribution in [-0.2, 0) is 16.6 Å². The predicted molar refractivity (Wildman–Crippen MR) is 136 cm³/mol. The van der Waals surface area contributed by atoms with Crippen molar-refractivity contribution < 1.29 is 8.42 Å². The number of nitrogens with one attached hydrogen (secondary N) is 1. The molecule has 0 aliphatic rings. The van der Waals surface area contributed by atoms with Gasteiger partial charge in [-0.3, -0.25) is 9.36 Å². The Labute approximate surface area is 202 Å². The van der Waals surface area contributed by atoms with Crippen LogP contribution in [0.15, 0.2) is 70.4 Å². The molecule has 0 saturated carbocycles. The van der Waals surface area contributed by atoms with Crippen molar-refractivity contribution in [3.05, 3.63) is 97.6 Å². The minimum Gasteiger partial charge on any atom is -0.294 e. The first kappa shape index (κ1) is 23.7. The summed E-state index contributed by atoms with van der Waals surface area (Å²) in [5, 5.41) is 0.634. The topological polar surface area (TPSA) is 68.2 Å². The van der Waals surface area contributed by atoms with E-state index in [1.807, 2.05) is 51.1 Å². The highest BCUT2D eigenvalue weighted by atomic mass is 35.5. The third-order valence-electron chi connectivity index (χ3n) is 5.84. The summed E-state index contributed by atoms with van der Waals surface area (Å²) in [4.78, 5) is 12.6. The summed E-state index contributed by atoms with van der Waals surface area (Å²) >= 11 is 7.00. The van der Waals surface area contributed by atoms with E-state index >= 15 is 0 Å². The normalized spacial score (nSPS) is 12.8. The molecule has 1 heterocycles. The molecule has 33 heavy (non-hydrogen) atoms. The summed E-state index contributed by atoms with van der Waals surface area (Å²) in [7, 11) is -3.77. The number of fused-ring (bicyclic) bond motifs is 1. The molecule has 0 fully saturated rings. The molecule has 4 aromatic rings. The first-order valence-electron chi connectivity index (χ1n) is 10.7. The van der Waals surface area contributed by atoms with E-state index in [2.05, 4.69) is 4.72 Å². The first-order valence-corrected chi connectivity index (χ1v) is 13.3. The third kappa shape index (κ3) is 5.06. The van der Waals surface area contributed by atoms with Gasteiger partial charge in [0.15, 0.2) is 0 Å². The Balaban J connectivity index is 1.64. The average molecular weight is 501 g/mol. The van der Waals surface area contributed by atoms with Gasteiger partial charge in [-0.05, 0) is 72.9 Å². The predicted octanol–water partition coefficient (Wildman–Crippen LogP) is 5.81. The third-order valence-corrected chi connectivity index (χ3v) is 8.51. The fraction of sp³-hybridized carbons (Fsp3) is 0.240. The van der Waals surface area contributed by atoms with E-state index in [4.69, 9.17) is 11.6 Å². The number of sulfonamides is 1. The molecule has 1 aromatic heterocycles. The zero-order chi connectivity index (χ0) is 23.8. The van der Waals surface area contributed by atoms with Crippen LogP contribution in [0.1, 0.15) is 41.6 Å². The van der Waals surface area contributed by atoms with Crippen LogP contribution in [-0.4, -0.2) is 13.0 Å². The number of aryl methyl sites for hydroxylation is 2. The van der Waals surface area contributed by atoms with Crippen LogP contribution in [0.5, 0.6) is 0 Å². The summed E-state index contributed by atoms with van der Waals surface area (Å²) in [6.45, 7) is 6.40. The Kier molecular flexibility index (Phi) is 6.77. The maximum absolute atomic E-state index is 13.2. The van der Waals surface area contributed by atoms with Crippen molar-refractivity contribution in [3.8, 4) is 0 Å². The summed E-state index contributed by atoms with van der Waals surface area (Å²) in [6.07, 6.45) is 0.620. The molecule has 1 unspecified atom stereocenters. The lowest BCUT2D eigenvalue weighted by atomic mass is 10.0. The van der Waals surface area contributed by atoms with Gasteiger partial charge in [-0.1, -0.05) is 60.2 Å². The van der Waals surface area contributed by atoms with Gasteiger partial charge < -0.3 is 0 Å². The van der Waals surface area contributed by atoms with Crippen molar-refractivity contribution in [1.29, 1.82) is 0 Å². The summed E-state index contributed by atoms with van der Waals surface area (Å²) in [5.41, 5.74) is 4.88. The molecule has 0 aliphatic carbocycles. The zero-order valence-corrected chi connectivity index (χ0v) is 21.0. The second-order valence-corrected chi connectivity index (χ2v) is 11.3. The summed E-state index contributed by atoms with van der Waals surface area (Å²) < 4.78 is 31.5. The number of nitrogens with zero attached hydrogens (tertiary/aromatic N) is 1. The van der Waals surface area contributed by atoms with Gasteiger partial charge in [0.05, 0.1) is 21.7 Å². The van der Waals surface area contributed by atoms with Crippen molar-refractivity contribution >= 4 is 43.2 Å². The molecule has 172 valence electrons. The van der Waals surface area contributed by atoms with E-state index in [1.54, 1.807) is 34.9 Å². The Morgan fingerprint density at radius 3 is 2.39 bits per heavy atom. The van der Waals surface area contributed by atoms with Gasteiger partial charge in [-0.15, -0.1) is 0 Å². The van der Waals surface area contributed by atoms with E-state index in [0.717, 1.165) is 28.0 Å². The average Bonchev–Trinajstić information content (AvgIpc) is 3.10. The van der Waals surface area contributed by atoms with E-state index in [-0.39, 0.29) is 15.8 Å². The van der Waals surface area contributed by atoms with Crippen LogP contribution in [0.2, 0.25) is 5.02 Å². The van der Waals surface area contributed by atoms with Gasteiger partial charge in [0, 0.05) is 11.1 Å². The molecular formula is C25H25ClN2O3S2. The van der Waals surface area contributed by atoms with Crippen LogP contribution in [0.25, 0.3) is 10.2 Å². The number of halogens is 1. The van der Waals surface area contributed by atoms with Crippen LogP contribution >= 0.6 is 22.9 Å². The van der Waals surface area contributed by atoms with Crippen LogP contribution < -0.4 is 9.60 Å². The van der Waals surface area contributed by atoms with Crippen LogP contribution in [0, 0.1) is 13.8 Å². The smallest absolute Gasteiger partial charge is 0.294 e. The van der Waals surface area contributed by atoms with E-state index in [0.29, 0.717) is 28.2 Å². The fourth-order valence-corrected chi connectivity index (χ4v) is 6.22. The molecule has 4 rings (SSSR count). The summed E-state index contributed by atoms with van der Waals surface area (Å²) in [5.74, 6) is 0. The largest absolute Gasteiger partial charge is 0.308 e. The van der Waals surface area contributed by atoms with Gasteiger partial charge in [0.2, 0.25) is 10.0 Å². The minimum absolute atomic E-state index is 0.135. The quantitative estimate of drug-likeness (QED) is 0.348. The standard InChI is InChI=1S/C25H25ClN2O3S2/c1-4-22(19-8-5-16(2)17(3)13-19)27-33(30,31)21-11-12-23-24(14-21)32-25(29)28(23)15-18-6-9-20(26)10-7-18/h5-14,22,27H,4,15H2,1-3H3. The first-order chi connectivity index (χ1) is 15.7. The van der Waals surface area contributed by atoms with Gasteiger partial charge >= 0.3 is 4.87 Å². The molecule has 0 radical (unpaired) electrons. The maximum atomic E-state index is 13.2. The van der Waals surface area contributed by atoms with Gasteiger partial charge in [-0.2, -0.15) is 0 Å². The van der Waals surface area contributed by atoms with E-state index in [1.165, 1.54) is 5.56 Å². The molecule has 0 bridgehead atoms. The molecule has 1 N–H and O–H groups in total. The minimum atomic E-state index is -3.77. The molecule has 5 nitrogen and oxygen atoms in total. The Morgan fingerprint density at radius 2 is 1.73 bits per heavy atom. The highest BCUT2D eigenvalue weighted by Gasteiger charge is 2.22. The Bertz CT molecular complexity index is 1470. The summed E-state index contributed by atoms with van der Waals surface area (Å²) in [6, 6.07) is 17.8. The maximum Gasteiger partial charge on any atom is 0.308 e. The van der Waals surface area contributed by atoms with Crippen molar-refractivity contribution in [2.24, 2.45) is 0 Å². The van der Waals surface area contributed by atoms with Gasteiger partial charge in [0.1, 0.15) is 0 Å². The van der Waals surface area contributed by atoms with Gasteiger partial charge in [-0.25, -0.2) is 13.1 Å². The Hall–Kier alpha value is -2.45. The molecule has 0 amide bonds. The number of rotatable bonds is 7. The van der Waals surface area contributed by atoms with Crippen molar-refractivity contribution in [2.45, 2.75) is 44.7 Å². The molecule has 0 spiro atoms. The van der Waals surface area contributed by atoms with Crippen LogP contribution in [0.3, 0.4) is 0 Å². The molecule has 0 saturated heterocycles. The molecule has 8 heteroatoms. The highest BCUT2D eigenvalue weighted by molar-refractivity contribution is 7.89. The number of hydrogen-bond donors (Lipinski definition) is 1.